The van der Waals surface area contributed by atoms with Crippen molar-refractivity contribution in [3.8, 4) is 0 Å². The van der Waals surface area contributed by atoms with Gasteiger partial charge in [-0.05, 0) is 49.4 Å². The van der Waals surface area contributed by atoms with E-state index < -0.39 is 17.5 Å². The number of nitrogens with one attached hydrogen (secondary N) is 1. The number of hydrogen-bond donors (Lipinski definition) is 1. The van der Waals surface area contributed by atoms with Gasteiger partial charge in [0.25, 0.3) is 5.91 Å². The number of carbonyl (C=O) groups excluding carboxylic acids is 3. The van der Waals surface area contributed by atoms with E-state index in [-0.39, 0.29) is 18.5 Å². The molecule has 4 amide bonds. The van der Waals surface area contributed by atoms with Gasteiger partial charge < -0.3 is 14.6 Å². The first-order valence-electron chi connectivity index (χ1n) is 9.43. The van der Waals surface area contributed by atoms with Crippen LogP contribution in [0.2, 0.25) is 0 Å². The van der Waals surface area contributed by atoms with Crippen LogP contribution in [0.25, 0.3) is 0 Å². The Morgan fingerprint density at radius 1 is 1.29 bits per heavy atom. The lowest BCUT2D eigenvalue weighted by atomic mass is 9.87. The molecule has 2 atom stereocenters. The number of amides is 4. The normalized spacial score (nSPS) is 24.1. The Labute approximate surface area is 163 Å². The van der Waals surface area contributed by atoms with Crippen LogP contribution < -0.4 is 5.32 Å². The molecule has 1 aromatic heterocycles. The molecule has 28 heavy (non-hydrogen) atoms. The summed E-state index contributed by atoms with van der Waals surface area (Å²) in [6, 6.07) is 10.8. The van der Waals surface area contributed by atoms with E-state index in [0.717, 1.165) is 29.7 Å². The summed E-state index contributed by atoms with van der Waals surface area (Å²) in [7, 11) is 1.74. The Morgan fingerprint density at radius 2 is 2.07 bits per heavy atom. The highest BCUT2D eigenvalue weighted by atomic mass is 16.3. The zero-order valence-electron chi connectivity index (χ0n) is 16.0. The van der Waals surface area contributed by atoms with Gasteiger partial charge in [-0.3, -0.25) is 14.5 Å². The number of nitrogens with zero attached hydrogens (tertiary/aromatic N) is 2. The number of likely N-dealkylation sites (N-methyl/N-ethyl adjacent to an activating group) is 1. The summed E-state index contributed by atoms with van der Waals surface area (Å²) in [5.74, 6) is -0.414. The molecule has 2 aliphatic rings. The molecule has 1 aliphatic carbocycles. The molecule has 0 saturated carbocycles. The van der Waals surface area contributed by atoms with Gasteiger partial charge in [-0.15, -0.1) is 0 Å². The summed E-state index contributed by atoms with van der Waals surface area (Å²) in [6.07, 6.45) is 4.31. The van der Waals surface area contributed by atoms with E-state index in [9.17, 15) is 14.4 Å². The number of aryl methyl sites for hydroxylation is 1. The topological polar surface area (TPSA) is 82.9 Å². The van der Waals surface area contributed by atoms with Crippen molar-refractivity contribution in [2.24, 2.45) is 0 Å². The molecule has 2 heterocycles. The summed E-state index contributed by atoms with van der Waals surface area (Å²) < 4.78 is 5.32. The molecular formula is C21H23N3O4. The van der Waals surface area contributed by atoms with E-state index in [1.807, 2.05) is 18.2 Å². The molecule has 146 valence electrons. The predicted octanol–water partition coefficient (Wildman–Crippen LogP) is 2.58. The lowest BCUT2D eigenvalue weighted by Gasteiger charge is -2.34. The molecule has 0 bridgehead atoms. The molecule has 1 aromatic carbocycles. The van der Waals surface area contributed by atoms with Gasteiger partial charge in [-0.1, -0.05) is 24.3 Å². The Bertz CT molecular complexity index is 923. The summed E-state index contributed by atoms with van der Waals surface area (Å²) in [4.78, 5) is 40.8. The third kappa shape index (κ3) is 2.87. The van der Waals surface area contributed by atoms with Crippen LogP contribution in [0, 0.1) is 0 Å². The van der Waals surface area contributed by atoms with Crippen LogP contribution in [0.15, 0.2) is 47.1 Å². The molecule has 4 rings (SSSR count). The van der Waals surface area contributed by atoms with Crippen molar-refractivity contribution in [2.75, 3.05) is 13.6 Å². The summed E-state index contributed by atoms with van der Waals surface area (Å²) >= 11 is 0. The van der Waals surface area contributed by atoms with Crippen molar-refractivity contribution in [1.29, 1.82) is 0 Å². The van der Waals surface area contributed by atoms with Crippen LogP contribution in [-0.2, 0) is 21.5 Å². The molecule has 1 fully saturated rings. The SMILES string of the molecule is CN(C(=O)CN1C(=O)NC(C)(c2ccco2)C1=O)C1CCCc2ccccc21. The Kier molecular flexibility index (Phi) is 4.45. The van der Waals surface area contributed by atoms with Crippen molar-refractivity contribution in [3.05, 3.63) is 59.5 Å². The monoisotopic (exact) mass is 381 g/mol. The number of urea groups is 1. The van der Waals surface area contributed by atoms with Crippen LogP contribution in [0.5, 0.6) is 0 Å². The minimum Gasteiger partial charge on any atom is -0.466 e. The van der Waals surface area contributed by atoms with Crippen LogP contribution in [0.3, 0.4) is 0 Å². The van der Waals surface area contributed by atoms with E-state index in [2.05, 4.69) is 11.4 Å². The summed E-state index contributed by atoms with van der Waals surface area (Å²) in [5, 5.41) is 2.64. The fourth-order valence-corrected chi connectivity index (χ4v) is 4.12. The average molecular weight is 381 g/mol. The molecule has 2 unspecified atom stereocenters. The second-order valence-corrected chi connectivity index (χ2v) is 7.54. The Hall–Kier alpha value is -3.09. The maximum Gasteiger partial charge on any atom is 0.325 e. The van der Waals surface area contributed by atoms with E-state index in [4.69, 9.17) is 4.42 Å². The van der Waals surface area contributed by atoms with E-state index in [0.29, 0.717) is 5.76 Å². The maximum atomic E-state index is 12.9. The summed E-state index contributed by atoms with van der Waals surface area (Å²) in [6.45, 7) is 1.29. The van der Waals surface area contributed by atoms with Gasteiger partial charge >= 0.3 is 6.03 Å². The maximum absolute atomic E-state index is 12.9. The van der Waals surface area contributed by atoms with Gasteiger partial charge in [0, 0.05) is 7.05 Å². The van der Waals surface area contributed by atoms with Crippen molar-refractivity contribution in [2.45, 2.75) is 37.8 Å². The standard InChI is InChI=1S/C21H23N3O4/c1-21(17-11-6-12-28-17)19(26)24(20(27)22-21)13-18(25)23(2)16-10-5-8-14-7-3-4-9-15(14)16/h3-4,6-7,9,11-12,16H,5,8,10,13H2,1-2H3,(H,22,27). The number of fused-ring (bicyclic) bond motifs is 1. The van der Waals surface area contributed by atoms with E-state index >= 15 is 0 Å². The molecule has 0 radical (unpaired) electrons. The van der Waals surface area contributed by atoms with E-state index in [1.54, 1.807) is 31.0 Å². The van der Waals surface area contributed by atoms with Crippen LogP contribution in [-0.4, -0.2) is 41.2 Å². The molecular weight excluding hydrogens is 358 g/mol. The lowest BCUT2D eigenvalue weighted by Crippen LogP contribution is -2.44. The highest BCUT2D eigenvalue weighted by Gasteiger charge is 2.51. The smallest absolute Gasteiger partial charge is 0.325 e. The van der Waals surface area contributed by atoms with Crippen LogP contribution in [0.4, 0.5) is 4.79 Å². The Balaban J connectivity index is 1.51. The molecule has 2 aromatic rings. The second-order valence-electron chi connectivity index (χ2n) is 7.54. The first-order chi connectivity index (χ1) is 13.4. The fraction of sp³-hybridized carbons (Fsp3) is 0.381. The molecule has 0 spiro atoms. The quantitative estimate of drug-likeness (QED) is 0.825. The number of rotatable bonds is 4. The van der Waals surface area contributed by atoms with Crippen LogP contribution in [0.1, 0.15) is 42.7 Å². The lowest BCUT2D eigenvalue weighted by molar-refractivity contribution is -0.139. The van der Waals surface area contributed by atoms with E-state index in [1.165, 1.54) is 11.8 Å². The number of imide groups is 1. The number of furan rings is 1. The highest BCUT2D eigenvalue weighted by Crippen LogP contribution is 2.34. The predicted molar refractivity (Wildman–Crippen MR) is 101 cm³/mol. The fourth-order valence-electron chi connectivity index (χ4n) is 4.12. The van der Waals surface area contributed by atoms with Gasteiger partial charge in [0.2, 0.25) is 5.91 Å². The van der Waals surface area contributed by atoms with Crippen LogP contribution >= 0.6 is 0 Å². The number of hydrogen-bond acceptors (Lipinski definition) is 4. The zero-order valence-corrected chi connectivity index (χ0v) is 16.0. The minimum atomic E-state index is -1.29. The van der Waals surface area contributed by atoms with Gasteiger partial charge in [0.15, 0.2) is 5.54 Å². The molecule has 1 aliphatic heterocycles. The molecule has 7 nitrogen and oxygen atoms in total. The summed E-state index contributed by atoms with van der Waals surface area (Å²) in [5.41, 5.74) is 1.10. The zero-order chi connectivity index (χ0) is 19.9. The number of benzene rings is 1. The van der Waals surface area contributed by atoms with Gasteiger partial charge in [-0.2, -0.15) is 0 Å². The van der Waals surface area contributed by atoms with Gasteiger partial charge in [0.1, 0.15) is 12.3 Å². The van der Waals surface area contributed by atoms with Crippen molar-refractivity contribution in [1.82, 2.24) is 15.1 Å². The van der Waals surface area contributed by atoms with Crippen molar-refractivity contribution >= 4 is 17.8 Å². The van der Waals surface area contributed by atoms with Crippen molar-refractivity contribution in [3.63, 3.8) is 0 Å². The molecule has 1 saturated heterocycles. The second kappa shape index (κ2) is 6.82. The minimum absolute atomic E-state index is 0.0466. The van der Waals surface area contributed by atoms with Crippen molar-refractivity contribution < 1.29 is 18.8 Å². The Morgan fingerprint density at radius 3 is 2.82 bits per heavy atom. The largest absolute Gasteiger partial charge is 0.466 e. The highest BCUT2D eigenvalue weighted by molar-refractivity contribution is 6.08. The third-order valence-electron chi connectivity index (χ3n) is 5.78. The molecule has 7 heteroatoms. The van der Waals surface area contributed by atoms with Gasteiger partial charge in [0.05, 0.1) is 12.3 Å². The number of carbonyl (C=O) groups is 3. The first kappa shape index (κ1) is 18.3. The first-order valence-corrected chi connectivity index (χ1v) is 9.43. The average Bonchev–Trinajstić information content (AvgIpc) is 3.31. The third-order valence-corrected chi connectivity index (χ3v) is 5.78. The molecule has 1 N–H and O–H groups in total. The van der Waals surface area contributed by atoms with Gasteiger partial charge in [-0.25, -0.2) is 4.79 Å².